The third kappa shape index (κ3) is 4.61. The third-order valence-corrected chi connectivity index (χ3v) is 6.45. The Morgan fingerprint density at radius 2 is 1.32 bits per heavy atom. The summed E-state index contributed by atoms with van der Waals surface area (Å²) in [6.07, 6.45) is -0.350. The first kappa shape index (κ1) is 21.2. The Balaban J connectivity index is 2.50. The number of aromatic hydroxyl groups is 1. The molecule has 0 radical (unpaired) electrons. The van der Waals surface area contributed by atoms with Crippen LogP contribution in [-0.2, 0) is 5.41 Å². The maximum atomic E-state index is 9.95. The van der Waals surface area contributed by atoms with Crippen molar-refractivity contribution >= 4 is 63.7 Å². The molecule has 2 N–H and O–H groups in total. The monoisotopic (exact) mass is 598 g/mol. The van der Waals surface area contributed by atoms with Gasteiger partial charge in [0.1, 0.15) is 5.75 Å². The van der Waals surface area contributed by atoms with Crippen molar-refractivity contribution in [3.63, 3.8) is 0 Å². The van der Waals surface area contributed by atoms with Crippen LogP contribution in [0.2, 0.25) is 0 Å². The molecule has 0 saturated heterocycles. The van der Waals surface area contributed by atoms with Gasteiger partial charge in [0.25, 0.3) is 0 Å². The molecule has 0 spiro atoms. The topological polar surface area (TPSA) is 49.7 Å². The lowest BCUT2D eigenvalue weighted by Gasteiger charge is -2.28. The summed E-state index contributed by atoms with van der Waals surface area (Å²) >= 11 is 13.9. The van der Waals surface area contributed by atoms with Crippen molar-refractivity contribution < 1.29 is 14.9 Å². The molecule has 0 aliphatic carbocycles. The van der Waals surface area contributed by atoms with E-state index in [1.54, 1.807) is 0 Å². The molecule has 2 rings (SSSR count). The lowest BCUT2D eigenvalue weighted by Crippen LogP contribution is -2.20. The van der Waals surface area contributed by atoms with Gasteiger partial charge in [-0.25, -0.2) is 0 Å². The van der Waals surface area contributed by atoms with E-state index in [4.69, 9.17) is 4.74 Å². The smallest absolute Gasteiger partial charge is 0.197 e. The summed E-state index contributed by atoms with van der Waals surface area (Å²) in [7, 11) is 0. The Morgan fingerprint density at radius 3 is 1.72 bits per heavy atom. The van der Waals surface area contributed by atoms with Crippen molar-refractivity contribution in [1.82, 2.24) is 0 Å². The normalized spacial score (nSPS) is 13.0. The van der Waals surface area contributed by atoms with Crippen LogP contribution < -0.4 is 4.74 Å². The number of phenols is 1. The number of benzene rings is 2. The summed E-state index contributed by atoms with van der Waals surface area (Å²) in [4.78, 5) is 0. The summed E-state index contributed by atoms with van der Waals surface area (Å²) in [5.74, 6) is 0.751. The summed E-state index contributed by atoms with van der Waals surface area (Å²) in [6, 6.07) is 7.79. The minimum absolute atomic E-state index is 0.180. The fourth-order valence-electron chi connectivity index (χ4n) is 2.35. The number of aliphatic hydroxyl groups excluding tert-OH is 1. The fraction of sp³-hybridized carbons (Fsp3) is 0.333. The van der Waals surface area contributed by atoms with E-state index >= 15 is 0 Å². The van der Waals surface area contributed by atoms with Crippen LogP contribution in [0.1, 0.15) is 38.3 Å². The molecule has 0 aromatic heterocycles. The molecule has 0 saturated carbocycles. The van der Waals surface area contributed by atoms with Gasteiger partial charge in [0, 0.05) is 11.8 Å². The van der Waals surface area contributed by atoms with Gasteiger partial charge in [-0.3, -0.25) is 0 Å². The number of phenolic OH excluding ortho intramolecular Hbond substituents is 1. The van der Waals surface area contributed by atoms with E-state index in [0.29, 0.717) is 21.1 Å². The van der Waals surface area contributed by atoms with E-state index in [1.807, 2.05) is 31.2 Å². The molecule has 0 bridgehead atoms. The maximum absolute atomic E-state index is 9.95. The second kappa shape index (κ2) is 8.30. The molecule has 0 fully saturated rings. The van der Waals surface area contributed by atoms with Crippen molar-refractivity contribution in [2.24, 2.45) is 0 Å². The van der Waals surface area contributed by atoms with Gasteiger partial charge in [-0.2, -0.15) is 0 Å². The average molecular weight is 602 g/mol. The molecular formula is C18H18Br4O3. The van der Waals surface area contributed by atoms with Crippen molar-refractivity contribution in [2.45, 2.75) is 38.9 Å². The van der Waals surface area contributed by atoms with Crippen molar-refractivity contribution in [3.05, 3.63) is 53.3 Å². The number of ether oxygens (including phenoxy) is 1. The standard InChI is InChI=1S/C18H18Br4O3/c1-4-15(23)25-17-13(21)7-10(8-14(17)22)18(2,3)9-5-11(19)16(24)12(20)6-9/h5-8,15,23-24H,4H2,1-3H3. The molecule has 2 aromatic carbocycles. The van der Waals surface area contributed by atoms with E-state index in [9.17, 15) is 10.2 Å². The predicted molar refractivity (Wildman–Crippen MR) is 114 cm³/mol. The number of halogens is 4. The molecule has 2 aromatic rings. The lowest BCUT2D eigenvalue weighted by atomic mass is 9.78. The van der Waals surface area contributed by atoms with Crippen molar-refractivity contribution in [2.75, 3.05) is 0 Å². The zero-order valence-electron chi connectivity index (χ0n) is 13.9. The highest BCUT2D eigenvalue weighted by Gasteiger charge is 2.27. The molecule has 3 nitrogen and oxygen atoms in total. The van der Waals surface area contributed by atoms with Crippen molar-refractivity contribution in [1.29, 1.82) is 0 Å². The highest BCUT2D eigenvalue weighted by molar-refractivity contribution is 9.11. The van der Waals surface area contributed by atoms with E-state index in [2.05, 4.69) is 77.6 Å². The highest BCUT2D eigenvalue weighted by atomic mass is 79.9. The summed E-state index contributed by atoms with van der Waals surface area (Å²) < 4.78 is 8.35. The summed E-state index contributed by atoms with van der Waals surface area (Å²) in [5, 5.41) is 19.7. The van der Waals surface area contributed by atoms with Crippen LogP contribution in [-0.4, -0.2) is 16.5 Å². The first-order valence-electron chi connectivity index (χ1n) is 7.60. The van der Waals surface area contributed by atoms with Crippen LogP contribution >= 0.6 is 63.7 Å². The molecule has 1 unspecified atom stereocenters. The zero-order valence-corrected chi connectivity index (χ0v) is 20.3. The third-order valence-electron chi connectivity index (χ3n) is 4.06. The molecule has 1 atom stereocenters. The zero-order chi connectivity index (χ0) is 18.9. The molecule has 0 aliphatic rings. The van der Waals surface area contributed by atoms with Gasteiger partial charge < -0.3 is 14.9 Å². The number of hydrogen-bond donors (Lipinski definition) is 2. The molecule has 0 aliphatic heterocycles. The van der Waals surface area contributed by atoms with E-state index < -0.39 is 6.29 Å². The molecule has 7 heteroatoms. The van der Waals surface area contributed by atoms with Crippen LogP contribution in [0.4, 0.5) is 0 Å². The fourth-order valence-corrected chi connectivity index (χ4v) is 4.91. The second-order valence-electron chi connectivity index (χ2n) is 6.16. The van der Waals surface area contributed by atoms with Gasteiger partial charge >= 0.3 is 0 Å². The van der Waals surface area contributed by atoms with Gasteiger partial charge in [0.2, 0.25) is 0 Å². The Hall–Kier alpha value is -0.0800. The second-order valence-corrected chi connectivity index (χ2v) is 9.58. The molecule has 136 valence electrons. The summed E-state index contributed by atoms with van der Waals surface area (Å²) in [5.41, 5.74) is 1.75. The van der Waals surface area contributed by atoms with Gasteiger partial charge in [-0.1, -0.05) is 20.8 Å². The van der Waals surface area contributed by atoms with Gasteiger partial charge in [-0.05, 0) is 99.1 Å². The Morgan fingerprint density at radius 1 is 0.920 bits per heavy atom. The Kier molecular flexibility index (Phi) is 7.04. The molecule has 25 heavy (non-hydrogen) atoms. The number of hydrogen-bond acceptors (Lipinski definition) is 3. The van der Waals surface area contributed by atoms with Crippen LogP contribution in [0.5, 0.6) is 11.5 Å². The quantitative estimate of drug-likeness (QED) is 0.368. The van der Waals surface area contributed by atoms with Crippen LogP contribution in [0.15, 0.2) is 42.2 Å². The SMILES string of the molecule is CCC(O)Oc1c(Br)cc(C(C)(C)c2cc(Br)c(O)c(Br)c2)cc1Br. The molecular weight excluding hydrogens is 584 g/mol. The highest BCUT2D eigenvalue weighted by Crippen LogP contribution is 2.43. The first-order chi connectivity index (χ1) is 11.6. The number of aliphatic hydroxyl groups is 1. The Labute approximate surface area is 181 Å². The van der Waals surface area contributed by atoms with E-state index in [1.165, 1.54) is 0 Å². The first-order valence-corrected chi connectivity index (χ1v) is 10.8. The van der Waals surface area contributed by atoms with E-state index in [-0.39, 0.29) is 11.2 Å². The van der Waals surface area contributed by atoms with Crippen molar-refractivity contribution in [3.8, 4) is 11.5 Å². The maximum Gasteiger partial charge on any atom is 0.197 e. The van der Waals surface area contributed by atoms with Crippen LogP contribution in [0.3, 0.4) is 0 Å². The van der Waals surface area contributed by atoms with Crippen LogP contribution in [0.25, 0.3) is 0 Å². The van der Waals surface area contributed by atoms with Crippen LogP contribution in [0, 0.1) is 0 Å². The van der Waals surface area contributed by atoms with Gasteiger partial charge in [0.15, 0.2) is 12.0 Å². The van der Waals surface area contributed by atoms with Gasteiger partial charge in [-0.15, -0.1) is 0 Å². The van der Waals surface area contributed by atoms with Gasteiger partial charge in [0.05, 0.1) is 17.9 Å². The van der Waals surface area contributed by atoms with E-state index in [0.717, 1.165) is 20.1 Å². The minimum Gasteiger partial charge on any atom is -0.506 e. The number of rotatable bonds is 5. The lowest BCUT2D eigenvalue weighted by molar-refractivity contribution is -0.0202. The predicted octanol–water partition coefficient (Wildman–Crippen LogP) is 6.88. The minimum atomic E-state index is -0.851. The molecule has 0 amide bonds. The summed E-state index contributed by atoms with van der Waals surface area (Å²) in [6.45, 7) is 6.06. The Bertz CT molecular complexity index is 744. The average Bonchev–Trinajstić information content (AvgIpc) is 2.54. The largest absolute Gasteiger partial charge is 0.506 e. The molecule has 0 heterocycles.